The standard InChI is InChI=1S/3C7H6O3.Mn/c3*8-6-4-2-1-3-5(6)7(9)10;/h3*1-5H,(H,9,10);. The van der Waals surface area contributed by atoms with Crippen molar-refractivity contribution in [3.05, 3.63) is 72.9 Å². The van der Waals surface area contributed by atoms with Crippen LogP contribution in [0, 0.1) is 17.8 Å². The molecule has 10 heteroatoms. The summed E-state index contributed by atoms with van der Waals surface area (Å²) < 4.78 is 0. The molecule has 0 amide bonds. The maximum atomic E-state index is 10.7. The average Bonchev–Trinajstić information content (AvgIpc) is 2.69. The van der Waals surface area contributed by atoms with Gasteiger partial charge in [-0.1, -0.05) is 54.7 Å². The summed E-state index contributed by atoms with van der Waals surface area (Å²) in [6, 6.07) is 0. The summed E-state index contributed by atoms with van der Waals surface area (Å²) in [4.78, 5) is 62.9. The quantitative estimate of drug-likeness (QED) is 0.406. The first kappa shape index (κ1) is 27.4. The van der Waals surface area contributed by atoms with E-state index in [0.29, 0.717) is 0 Å². The fourth-order valence-electron chi connectivity index (χ4n) is 2.18. The molecule has 31 heavy (non-hydrogen) atoms. The van der Waals surface area contributed by atoms with Gasteiger partial charge in [-0.2, -0.15) is 0 Å². The third-order valence-electron chi connectivity index (χ3n) is 3.74. The van der Waals surface area contributed by atoms with Crippen LogP contribution in [-0.4, -0.2) is 50.6 Å². The van der Waals surface area contributed by atoms with Crippen molar-refractivity contribution in [1.29, 1.82) is 0 Å². The Morgan fingerprint density at radius 2 is 0.742 bits per heavy atom. The van der Waals surface area contributed by atoms with Crippen molar-refractivity contribution < 1.29 is 61.2 Å². The topological polar surface area (TPSA) is 163 Å². The number of allylic oxidation sites excluding steroid dienone is 9. The van der Waals surface area contributed by atoms with Crippen molar-refractivity contribution in [2.45, 2.75) is 0 Å². The molecule has 3 N–H and O–H groups in total. The largest absolute Gasteiger partial charge is 0.480 e. The zero-order valence-electron chi connectivity index (χ0n) is 15.8. The fourth-order valence-corrected chi connectivity index (χ4v) is 2.18. The molecule has 0 spiro atoms. The minimum atomic E-state index is -1.09. The van der Waals surface area contributed by atoms with E-state index in [0.717, 1.165) is 0 Å². The smallest absolute Gasteiger partial charge is 0.318 e. The Morgan fingerprint density at radius 1 is 0.516 bits per heavy atom. The van der Waals surface area contributed by atoms with Crippen molar-refractivity contribution in [1.82, 2.24) is 0 Å². The van der Waals surface area contributed by atoms with Crippen molar-refractivity contribution in [3.8, 4) is 0 Å². The number of carbonyl (C=O) groups excluding carboxylic acids is 3. The van der Waals surface area contributed by atoms with Crippen LogP contribution in [0.25, 0.3) is 0 Å². The summed E-state index contributed by atoms with van der Waals surface area (Å²) in [6.07, 6.45) is 17.1. The molecule has 9 nitrogen and oxygen atoms in total. The molecule has 0 aromatic carbocycles. The van der Waals surface area contributed by atoms with Crippen LogP contribution < -0.4 is 0 Å². The van der Waals surface area contributed by atoms with E-state index in [4.69, 9.17) is 15.3 Å². The number of carboxylic acids is 3. The van der Waals surface area contributed by atoms with E-state index in [1.165, 1.54) is 54.7 Å². The molecule has 163 valence electrons. The third kappa shape index (κ3) is 9.16. The van der Waals surface area contributed by atoms with E-state index in [2.05, 4.69) is 0 Å². The van der Waals surface area contributed by atoms with Gasteiger partial charge in [-0.05, 0) is 18.2 Å². The summed E-state index contributed by atoms with van der Waals surface area (Å²) in [6.45, 7) is 0. The number of hydrogen-bond acceptors (Lipinski definition) is 6. The van der Waals surface area contributed by atoms with Gasteiger partial charge in [0.05, 0.1) is 0 Å². The minimum Gasteiger partial charge on any atom is -0.480 e. The van der Waals surface area contributed by atoms with E-state index in [1.807, 2.05) is 0 Å². The number of rotatable bonds is 3. The minimum absolute atomic E-state index is 0. The molecule has 0 fully saturated rings. The Labute approximate surface area is 187 Å². The Morgan fingerprint density at radius 3 is 0.871 bits per heavy atom. The van der Waals surface area contributed by atoms with E-state index >= 15 is 0 Å². The van der Waals surface area contributed by atoms with Crippen LogP contribution in [0.15, 0.2) is 72.9 Å². The molecule has 0 bridgehead atoms. The van der Waals surface area contributed by atoms with Gasteiger partial charge in [-0.3, -0.25) is 28.8 Å². The number of hydrogen-bond donors (Lipinski definition) is 3. The van der Waals surface area contributed by atoms with Gasteiger partial charge in [-0.25, -0.2) is 0 Å². The summed E-state index contributed by atoms with van der Waals surface area (Å²) in [5, 5.41) is 25.2. The Bertz CT molecular complexity index is 800. The van der Waals surface area contributed by atoms with Crippen LogP contribution in [0.2, 0.25) is 0 Å². The first-order chi connectivity index (χ1) is 14.1. The molecule has 3 atom stereocenters. The number of aliphatic carboxylic acids is 3. The summed E-state index contributed by atoms with van der Waals surface area (Å²) in [5.41, 5.74) is 0. The molecular formula is C21H18MnO9. The van der Waals surface area contributed by atoms with Gasteiger partial charge in [0.2, 0.25) is 0 Å². The third-order valence-corrected chi connectivity index (χ3v) is 3.74. The van der Waals surface area contributed by atoms with Gasteiger partial charge in [-0.15, -0.1) is 0 Å². The fraction of sp³-hybridized carbons (Fsp3) is 0.143. The van der Waals surface area contributed by atoms with Crippen molar-refractivity contribution in [2.75, 3.05) is 0 Å². The van der Waals surface area contributed by atoms with Crippen LogP contribution in [0.3, 0.4) is 0 Å². The van der Waals surface area contributed by atoms with Crippen molar-refractivity contribution in [3.63, 3.8) is 0 Å². The molecule has 0 heterocycles. The molecular weight excluding hydrogens is 451 g/mol. The second-order valence-corrected chi connectivity index (χ2v) is 5.89. The summed E-state index contributed by atoms with van der Waals surface area (Å²) >= 11 is 0. The predicted octanol–water partition coefficient (Wildman–Crippen LogP) is 1.14. The maximum Gasteiger partial charge on any atom is 0.318 e. The van der Waals surface area contributed by atoms with Crippen LogP contribution in [0.5, 0.6) is 0 Å². The molecule has 1 radical (unpaired) electrons. The average molecular weight is 469 g/mol. The molecule has 3 unspecified atom stereocenters. The zero-order chi connectivity index (χ0) is 22.7. The van der Waals surface area contributed by atoms with Crippen molar-refractivity contribution >= 4 is 35.3 Å². The molecule has 3 aliphatic rings. The van der Waals surface area contributed by atoms with Gasteiger partial charge in [0.1, 0.15) is 17.8 Å². The van der Waals surface area contributed by atoms with Crippen LogP contribution >= 0.6 is 0 Å². The SMILES string of the molecule is O=C(O)C1C=CC=CC1=O.O=C(O)C1C=CC=CC1=O.O=C(O)C1C=CC=CC1=O.[Mn]. The van der Waals surface area contributed by atoms with E-state index in [-0.39, 0.29) is 34.4 Å². The molecule has 0 aromatic heterocycles. The monoisotopic (exact) mass is 469 g/mol. The van der Waals surface area contributed by atoms with Crippen LogP contribution in [0.1, 0.15) is 0 Å². The van der Waals surface area contributed by atoms with Crippen LogP contribution in [0.4, 0.5) is 0 Å². The second-order valence-electron chi connectivity index (χ2n) is 5.89. The normalized spacial score (nSPS) is 22.5. The van der Waals surface area contributed by atoms with Gasteiger partial charge in [0, 0.05) is 17.1 Å². The Hall–Kier alpha value is -3.62. The van der Waals surface area contributed by atoms with Gasteiger partial charge in [0.25, 0.3) is 0 Å². The molecule has 0 saturated carbocycles. The summed E-state index contributed by atoms with van der Waals surface area (Å²) in [5.74, 6) is -7.28. The van der Waals surface area contributed by atoms with Crippen LogP contribution in [-0.2, 0) is 45.8 Å². The molecule has 3 rings (SSSR count). The first-order valence-corrected chi connectivity index (χ1v) is 8.49. The van der Waals surface area contributed by atoms with Crippen molar-refractivity contribution in [2.24, 2.45) is 17.8 Å². The molecule has 3 aliphatic carbocycles. The van der Waals surface area contributed by atoms with Gasteiger partial charge in [0.15, 0.2) is 17.3 Å². The molecule has 0 aromatic rings. The van der Waals surface area contributed by atoms with E-state index < -0.39 is 35.7 Å². The molecule has 0 aliphatic heterocycles. The molecule has 0 saturated heterocycles. The van der Waals surface area contributed by atoms with Gasteiger partial charge < -0.3 is 15.3 Å². The zero-order valence-corrected chi connectivity index (χ0v) is 17.0. The number of carboxylic acid groups (broad SMARTS) is 3. The predicted molar refractivity (Wildman–Crippen MR) is 103 cm³/mol. The van der Waals surface area contributed by atoms with E-state index in [1.54, 1.807) is 18.2 Å². The number of carbonyl (C=O) groups is 6. The Balaban J connectivity index is 0.000000429. The number of ketones is 3. The van der Waals surface area contributed by atoms with Gasteiger partial charge >= 0.3 is 17.9 Å². The maximum absolute atomic E-state index is 10.7. The summed E-state index contributed by atoms with van der Waals surface area (Å²) in [7, 11) is 0. The Kier molecular flexibility index (Phi) is 12.0. The second kappa shape index (κ2) is 13.6. The first-order valence-electron chi connectivity index (χ1n) is 8.49. The van der Waals surface area contributed by atoms with E-state index in [9.17, 15) is 28.8 Å².